The van der Waals surface area contributed by atoms with Crippen LogP contribution in [0, 0.1) is 24.7 Å². The summed E-state index contributed by atoms with van der Waals surface area (Å²) in [4.78, 5) is 0. The molecule has 0 saturated heterocycles. The van der Waals surface area contributed by atoms with Gasteiger partial charge in [-0.3, -0.25) is 0 Å². The second-order valence-electron chi connectivity index (χ2n) is 1.87. The largest absolute Gasteiger partial charge is 0.385 e. The van der Waals surface area contributed by atoms with Crippen LogP contribution in [0.3, 0.4) is 0 Å². The third-order valence-electron chi connectivity index (χ3n) is 1.04. The van der Waals surface area contributed by atoms with Crippen molar-refractivity contribution < 1.29 is 8.85 Å². The van der Waals surface area contributed by atoms with E-state index in [-0.39, 0.29) is 0 Å². The summed E-state index contributed by atoms with van der Waals surface area (Å²) in [6.07, 6.45) is 10.0. The zero-order valence-electron chi connectivity index (χ0n) is 6.67. The van der Waals surface area contributed by atoms with Gasteiger partial charge in [-0.1, -0.05) is 11.8 Å². The van der Waals surface area contributed by atoms with E-state index < -0.39 is 9.28 Å². The molecule has 0 fully saturated rings. The van der Waals surface area contributed by atoms with Gasteiger partial charge in [0.1, 0.15) is 0 Å². The molecule has 0 radical (unpaired) electrons. The van der Waals surface area contributed by atoms with Gasteiger partial charge in [0.2, 0.25) is 0 Å². The molecule has 0 aromatic heterocycles. The number of terminal acetylenes is 2. The monoisotopic (exact) mass is 184 g/mol. The standard InChI is InChI=1S/C7H12O2Si2/c1-3-5-8-11(7-10)9-6-4-2/h1-2,11H,5-7H2,10H3. The molecule has 0 aliphatic heterocycles. The van der Waals surface area contributed by atoms with E-state index >= 15 is 0 Å². The van der Waals surface area contributed by atoms with E-state index in [1.165, 1.54) is 0 Å². The van der Waals surface area contributed by atoms with Crippen LogP contribution >= 0.6 is 0 Å². The predicted molar refractivity (Wildman–Crippen MR) is 51.5 cm³/mol. The van der Waals surface area contributed by atoms with Gasteiger partial charge in [0.25, 0.3) is 0 Å². The molecule has 11 heavy (non-hydrogen) atoms. The maximum atomic E-state index is 5.26. The van der Waals surface area contributed by atoms with Crippen LogP contribution in [-0.4, -0.2) is 32.7 Å². The van der Waals surface area contributed by atoms with Gasteiger partial charge in [0.05, 0.1) is 13.2 Å². The Bertz CT molecular complexity index is 150. The van der Waals surface area contributed by atoms with E-state index in [1.54, 1.807) is 0 Å². The minimum Gasteiger partial charge on any atom is -0.385 e. The summed E-state index contributed by atoms with van der Waals surface area (Å²) in [5.41, 5.74) is 1.03. The van der Waals surface area contributed by atoms with Crippen LogP contribution < -0.4 is 0 Å². The van der Waals surface area contributed by atoms with Gasteiger partial charge in [0, 0.05) is 10.2 Å². The molecule has 0 saturated carbocycles. The first-order chi connectivity index (χ1) is 5.35. The van der Waals surface area contributed by atoms with Crippen molar-refractivity contribution in [3.63, 3.8) is 0 Å². The van der Waals surface area contributed by atoms with Crippen molar-refractivity contribution in [2.45, 2.75) is 5.67 Å². The number of rotatable bonds is 5. The smallest absolute Gasteiger partial charge is 0.319 e. The van der Waals surface area contributed by atoms with Crippen molar-refractivity contribution in [1.29, 1.82) is 0 Å². The summed E-state index contributed by atoms with van der Waals surface area (Å²) in [7, 11) is -0.391. The second-order valence-corrected chi connectivity index (χ2v) is 6.66. The van der Waals surface area contributed by atoms with Crippen LogP contribution in [0.1, 0.15) is 0 Å². The number of hydrogen-bond acceptors (Lipinski definition) is 2. The molecule has 0 aromatic carbocycles. The summed E-state index contributed by atoms with van der Waals surface area (Å²) in [6, 6.07) is 0. The Morgan fingerprint density at radius 2 is 1.64 bits per heavy atom. The van der Waals surface area contributed by atoms with Crippen molar-refractivity contribution in [3.8, 4) is 24.7 Å². The molecular formula is C7H12O2Si2. The maximum absolute atomic E-state index is 5.26. The van der Waals surface area contributed by atoms with Crippen molar-refractivity contribution in [1.82, 2.24) is 0 Å². The van der Waals surface area contributed by atoms with Gasteiger partial charge >= 0.3 is 9.28 Å². The van der Waals surface area contributed by atoms with E-state index in [1.807, 2.05) is 0 Å². The van der Waals surface area contributed by atoms with Gasteiger partial charge in [-0.05, 0) is 5.67 Å². The lowest BCUT2D eigenvalue weighted by atomic mass is 10.8. The summed E-state index contributed by atoms with van der Waals surface area (Å²) in [5.74, 6) is 4.81. The Balaban J connectivity index is 3.44. The lowest BCUT2D eigenvalue weighted by Crippen LogP contribution is -2.23. The summed E-state index contributed by atoms with van der Waals surface area (Å²) < 4.78 is 10.5. The van der Waals surface area contributed by atoms with Crippen LogP contribution in [0.15, 0.2) is 0 Å². The molecule has 0 bridgehead atoms. The van der Waals surface area contributed by atoms with Gasteiger partial charge < -0.3 is 8.85 Å². The molecule has 0 N–H and O–H groups in total. The third kappa shape index (κ3) is 5.90. The fourth-order valence-corrected chi connectivity index (χ4v) is 3.11. The molecule has 2 nitrogen and oxygen atoms in total. The Morgan fingerprint density at radius 1 is 1.18 bits per heavy atom. The average molecular weight is 184 g/mol. The Kier molecular flexibility index (Phi) is 7.22. The molecule has 4 heteroatoms. The SMILES string of the molecule is C#CCO[SiH](C[SiH3])OCC#C. The first-order valence-electron chi connectivity index (χ1n) is 3.45. The third-order valence-corrected chi connectivity index (χ3v) is 4.78. The summed E-state index contributed by atoms with van der Waals surface area (Å²) in [5, 5.41) is 0. The maximum Gasteiger partial charge on any atom is 0.319 e. The van der Waals surface area contributed by atoms with Crippen molar-refractivity contribution >= 4 is 19.5 Å². The first-order valence-corrected chi connectivity index (χ1v) is 6.62. The van der Waals surface area contributed by atoms with Crippen molar-refractivity contribution in [3.05, 3.63) is 0 Å². The molecule has 0 rings (SSSR count). The first kappa shape index (κ1) is 10.5. The normalized spacial score (nSPS) is 9.36. The van der Waals surface area contributed by atoms with Crippen LogP contribution in [0.4, 0.5) is 0 Å². The topological polar surface area (TPSA) is 18.5 Å². The number of hydrogen-bond donors (Lipinski definition) is 0. The molecule has 0 aromatic rings. The quantitative estimate of drug-likeness (QED) is 0.396. The van der Waals surface area contributed by atoms with E-state index in [0.29, 0.717) is 13.2 Å². The summed E-state index contributed by atoms with van der Waals surface area (Å²) >= 11 is 0. The van der Waals surface area contributed by atoms with Gasteiger partial charge in [-0.25, -0.2) is 0 Å². The fraction of sp³-hybridized carbons (Fsp3) is 0.429. The lowest BCUT2D eigenvalue weighted by Gasteiger charge is -2.10. The second kappa shape index (κ2) is 7.58. The van der Waals surface area contributed by atoms with Gasteiger partial charge in [-0.15, -0.1) is 12.8 Å². The molecular weight excluding hydrogens is 172 g/mol. The molecule has 0 amide bonds. The highest BCUT2D eigenvalue weighted by Crippen LogP contribution is 1.92. The minimum absolute atomic E-state index is 0.351. The van der Waals surface area contributed by atoms with Crippen LogP contribution in [0.2, 0.25) is 5.67 Å². The fourth-order valence-electron chi connectivity index (χ4n) is 0.566. The van der Waals surface area contributed by atoms with Crippen LogP contribution in [0.25, 0.3) is 0 Å². The molecule has 60 valence electrons. The van der Waals surface area contributed by atoms with Crippen LogP contribution in [-0.2, 0) is 8.85 Å². The summed E-state index contributed by atoms with van der Waals surface area (Å²) in [6.45, 7) is 0.702. The molecule has 0 spiro atoms. The highest BCUT2D eigenvalue weighted by Gasteiger charge is 2.07. The Hall–Kier alpha value is -0.526. The van der Waals surface area contributed by atoms with Gasteiger partial charge in [-0.2, -0.15) is 0 Å². The molecule has 0 atom stereocenters. The lowest BCUT2D eigenvalue weighted by molar-refractivity contribution is 0.243. The van der Waals surface area contributed by atoms with E-state index in [0.717, 1.165) is 15.9 Å². The van der Waals surface area contributed by atoms with Crippen molar-refractivity contribution in [2.24, 2.45) is 0 Å². The van der Waals surface area contributed by atoms with Crippen molar-refractivity contribution in [2.75, 3.05) is 13.2 Å². The highest BCUT2D eigenvalue weighted by atomic mass is 28.3. The molecule has 0 aliphatic carbocycles. The van der Waals surface area contributed by atoms with Crippen LogP contribution in [0.5, 0.6) is 0 Å². The Labute approximate surface area is 72.5 Å². The minimum atomic E-state index is -1.47. The highest BCUT2D eigenvalue weighted by molar-refractivity contribution is 6.53. The van der Waals surface area contributed by atoms with E-state index in [2.05, 4.69) is 11.8 Å². The molecule has 0 heterocycles. The van der Waals surface area contributed by atoms with E-state index in [9.17, 15) is 0 Å². The molecule has 0 aliphatic rings. The average Bonchev–Trinajstić information content (AvgIpc) is 2.05. The molecule has 0 unspecified atom stereocenters. The zero-order valence-corrected chi connectivity index (χ0v) is 9.82. The Morgan fingerprint density at radius 3 is 1.91 bits per heavy atom. The predicted octanol–water partition coefficient (Wildman–Crippen LogP) is -1.17. The van der Waals surface area contributed by atoms with Gasteiger partial charge in [0.15, 0.2) is 0 Å². The van der Waals surface area contributed by atoms with E-state index in [4.69, 9.17) is 21.7 Å². The zero-order chi connectivity index (χ0) is 8.53.